The van der Waals surface area contributed by atoms with Crippen LogP contribution in [0.4, 0.5) is 0 Å². The zero-order valence-electron chi connectivity index (χ0n) is 13.0. The topological polar surface area (TPSA) is 26.3 Å². The van der Waals surface area contributed by atoms with Gasteiger partial charge in [-0.15, -0.1) is 0 Å². The van der Waals surface area contributed by atoms with Gasteiger partial charge in [0.1, 0.15) is 5.76 Å². The summed E-state index contributed by atoms with van der Waals surface area (Å²) in [5.74, 6) is 1.19. The first-order chi connectivity index (χ1) is 10.1. The SMILES string of the molecule is CC(C)=C(OC(=O)c1ccccc1)C1CC12CCCCC2. The van der Waals surface area contributed by atoms with Gasteiger partial charge in [0.05, 0.1) is 5.56 Å². The minimum atomic E-state index is -0.218. The lowest BCUT2D eigenvalue weighted by Crippen LogP contribution is -2.14. The van der Waals surface area contributed by atoms with Gasteiger partial charge in [0, 0.05) is 5.92 Å². The fraction of sp³-hybridized carbons (Fsp3) is 0.526. The summed E-state index contributed by atoms with van der Waals surface area (Å²) < 4.78 is 5.79. The highest BCUT2D eigenvalue weighted by Crippen LogP contribution is 2.64. The smallest absolute Gasteiger partial charge is 0.343 e. The van der Waals surface area contributed by atoms with Crippen LogP contribution in [-0.2, 0) is 4.74 Å². The van der Waals surface area contributed by atoms with Gasteiger partial charge >= 0.3 is 5.97 Å². The molecule has 2 aliphatic carbocycles. The van der Waals surface area contributed by atoms with E-state index >= 15 is 0 Å². The van der Waals surface area contributed by atoms with Crippen molar-refractivity contribution in [2.45, 2.75) is 52.4 Å². The van der Waals surface area contributed by atoms with Crippen LogP contribution in [0.15, 0.2) is 41.7 Å². The molecule has 2 aliphatic rings. The number of hydrogen-bond donors (Lipinski definition) is 0. The van der Waals surface area contributed by atoms with Gasteiger partial charge in [0.2, 0.25) is 0 Å². The van der Waals surface area contributed by atoms with Gasteiger partial charge in [-0.05, 0) is 56.2 Å². The summed E-state index contributed by atoms with van der Waals surface area (Å²) in [6, 6.07) is 9.29. The number of benzene rings is 1. The Morgan fingerprint density at radius 3 is 2.38 bits per heavy atom. The lowest BCUT2D eigenvalue weighted by Gasteiger charge is -2.23. The first-order valence-electron chi connectivity index (χ1n) is 8.07. The molecule has 2 saturated carbocycles. The summed E-state index contributed by atoms with van der Waals surface area (Å²) in [5.41, 5.74) is 2.23. The van der Waals surface area contributed by atoms with Gasteiger partial charge in [0.25, 0.3) is 0 Å². The Bertz CT molecular complexity index is 546. The minimum Gasteiger partial charge on any atom is -0.427 e. The maximum absolute atomic E-state index is 12.3. The molecule has 0 radical (unpaired) electrons. The maximum Gasteiger partial charge on any atom is 0.343 e. The Hall–Kier alpha value is -1.57. The second kappa shape index (κ2) is 5.67. The third-order valence-corrected chi connectivity index (χ3v) is 5.06. The zero-order valence-corrected chi connectivity index (χ0v) is 13.0. The minimum absolute atomic E-state index is 0.218. The molecule has 21 heavy (non-hydrogen) atoms. The van der Waals surface area contributed by atoms with Gasteiger partial charge < -0.3 is 4.74 Å². The quantitative estimate of drug-likeness (QED) is 0.569. The molecular formula is C19H24O2. The second-order valence-corrected chi connectivity index (χ2v) is 6.80. The molecule has 2 fully saturated rings. The van der Waals surface area contributed by atoms with E-state index in [0.717, 1.165) is 11.3 Å². The summed E-state index contributed by atoms with van der Waals surface area (Å²) in [5, 5.41) is 0. The molecule has 0 aliphatic heterocycles. The normalized spacial score (nSPS) is 22.7. The Kier molecular flexibility index (Phi) is 3.88. The van der Waals surface area contributed by atoms with E-state index in [1.165, 1.54) is 38.5 Å². The molecule has 1 atom stereocenters. The van der Waals surface area contributed by atoms with Crippen molar-refractivity contribution < 1.29 is 9.53 Å². The van der Waals surface area contributed by atoms with Crippen LogP contribution >= 0.6 is 0 Å². The monoisotopic (exact) mass is 284 g/mol. The Morgan fingerprint density at radius 2 is 1.76 bits per heavy atom. The van der Waals surface area contributed by atoms with Crippen LogP contribution in [0.1, 0.15) is 62.7 Å². The second-order valence-electron chi connectivity index (χ2n) is 6.80. The van der Waals surface area contributed by atoms with Gasteiger partial charge in [-0.1, -0.05) is 37.5 Å². The van der Waals surface area contributed by atoms with Crippen molar-refractivity contribution in [1.82, 2.24) is 0 Å². The predicted octanol–water partition coefficient (Wildman–Crippen LogP) is 5.11. The van der Waals surface area contributed by atoms with E-state index in [9.17, 15) is 4.79 Å². The van der Waals surface area contributed by atoms with Crippen LogP contribution in [-0.4, -0.2) is 5.97 Å². The highest BCUT2D eigenvalue weighted by molar-refractivity contribution is 5.90. The van der Waals surface area contributed by atoms with E-state index in [2.05, 4.69) is 13.8 Å². The molecule has 2 nitrogen and oxygen atoms in total. The van der Waals surface area contributed by atoms with E-state index in [1.54, 1.807) is 0 Å². The summed E-state index contributed by atoms with van der Waals surface area (Å²) in [6.07, 6.45) is 7.84. The molecule has 3 rings (SSSR count). The van der Waals surface area contributed by atoms with Crippen molar-refractivity contribution in [3.63, 3.8) is 0 Å². The molecule has 0 bridgehead atoms. The average molecular weight is 284 g/mol. The van der Waals surface area contributed by atoms with E-state index in [0.29, 0.717) is 16.9 Å². The first-order valence-corrected chi connectivity index (χ1v) is 8.07. The van der Waals surface area contributed by atoms with Crippen LogP contribution < -0.4 is 0 Å². The van der Waals surface area contributed by atoms with Crippen molar-refractivity contribution in [1.29, 1.82) is 0 Å². The van der Waals surface area contributed by atoms with Crippen molar-refractivity contribution in [3.05, 3.63) is 47.2 Å². The fourth-order valence-corrected chi connectivity index (χ4v) is 3.78. The largest absolute Gasteiger partial charge is 0.427 e. The van der Waals surface area contributed by atoms with Crippen LogP contribution in [0.3, 0.4) is 0 Å². The van der Waals surface area contributed by atoms with Crippen LogP contribution in [0.2, 0.25) is 0 Å². The number of allylic oxidation sites excluding steroid dienone is 2. The summed E-state index contributed by atoms with van der Waals surface area (Å²) in [6.45, 7) is 4.12. The van der Waals surface area contributed by atoms with Crippen molar-refractivity contribution >= 4 is 5.97 Å². The lowest BCUT2D eigenvalue weighted by molar-refractivity contribution is 0.0592. The molecule has 1 unspecified atom stereocenters. The maximum atomic E-state index is 12.3. The van der Waals surface area contributed by atoms with Crippen LogP contribution in [0, 0.1) is 11.3 Å². The van der Waals surface area contributed by atoms with Gasteiger partial charge in [-0.2, -0.15) is 0 Å². The average Bonchev–Trinajstić information content (AvgIpc) is 3.18. The van der Waals surface area contributed by atoms with Gasteiger partial charge in [-0.3, -0.25) is 0 Å². The molecule has 0 N–H and O–H groups in total. The fourth-order valence-electron chi connectivity index (χ4n) is 3.78. The Morgan fingerprint density at radius 1 is 1.10 bits per heavy atom. The molecule has 0 saturated heterocycles. The third kappa shape index (κ3) is 2.90. The predicted molar refractivity (Wildman–Crippen MR) is 83.9 cm³/mol. The molecule has 1 aromatic rings. The molecule has 0 heterocycles. The van der Waals surface area contributed by atoms with Crippen molar-refractivity contribution in [3.8, 4) is 0 Å². The van der Waals surface area contributed by atoms with E-state index in [-0.39, 0.29) is 5.97 Å². The van der Waals surface area contributed by atoms with E-state index < -0.39 is 0 Å². The zero-order chi connectivity index (χ0) is 14.9. The van der Waals surface area contributed by atoms with Gasteiger partial charge in [0.15, 0.2) is 0 Å². The molecule has 2 heteroatoms. The van der Waals surface area contributed by atoms with Crippen molar-refractivity contribution in [2.75, 3.05) is 0 Å². The number of carbonyl (C=O) groups excluding carboxylic acids is 1. The number of rotatable bonds is 3. The standard InChI is InChI=1S/C19H24O2/c1-14(2)17(16-13-19(16)11-7-4-8-12-19)21-18(20)15-9-5-3-6-10-15/h3,5-6,9-10,16H,4,7-8,11-13H2,1-2H3. The molecule has 0 aromatic heterocycles. The molecule has 1 spiro atoms. The van der Waals surface area contributed by atoms with Gasteiger partial charge in [-0.25, -0.2) is 4.79 Å². The first kappa shape index (κ1) is 14.4. The number of carbonyl (C=O) groups is 1. The highest BCUT2D eigenvalue weighted by atomic mass is 16.5. The summed E-state index contributed by atoms with van der Waals surface area (Å²) in [7, 11) is 0. The summed E-state index contributed by atoms with van der Waals surface area (Å²) >= 11 is 0. The molecule has 1 aromatic carbocycles. The number of hydrogen-bond acceptors (Lipinski definition) is 2. The molecular weight excluding hydrogens is 260 g/mol. The van der Waals surface area contributed by atoms with Crippen molar-refractivity contribution in [2.24, 2.45) is 11.3 Å². The number of esters is 1. The Labute approximate surface area is 127 Å². The molecule has 112 valence electrons. The molecule has 0 amide bonds. The van der Waals surface area contributed by atoms with E-state index in [4.69, 9.17) is 4.74 Å². The van der Waals surface area contributed by atoms with Crippen LogP contribution in [0.25, 0.3) is 0 Å². The van der Waals surface area contributed by atoms with E-state index in [1.807, 2.05) is 30.3 Å². The highest BCUT2D eigenvalue weighted by Gasteiger charge is 2.56. The Balaban J connectivity index is 1.73. The summed E-state index contributed by atoms with van der Waals surface area (Å²) in [4.78, 5) is 12.3. The number of ether oxygens (including phenoxy) is 1. The lowest BCUT2D eigenvalue weighted by atomic mass is 9.84. The van der Waals surface area contributed by atoms with Crippen LogP contribution in [0.5, 0.6) is 0 Å². The third-order valence-electron chi connectivity index (χ3n) is 5.06.